The van der Waals surface area contributed by atoms with Crippen LogP contribution in [0.1, 0.15) is 76.0 Å². The van der Waals surface area contributed by atoms with Gasteiger partial charge in [0, 0.05) is 58.8 Å². The highest BCUT2D eigenvalue weighted by atomic mass is 16.6. The molecule has 0 unspecified atom stereocenters. The van der Waals surface area contributed by atoms with E-state index in [1.54, 1.807) is 33.1 Å². The molecule has 188 valence electrons. The number of hydrogen-bond acceptors (Lipinski definition) is 6. The van der Waals surface area contributed by atoms with E-state index in [1.807, 2.05) is 0 Å². The maximum atomic E-state index is 13.2. The lowest BCUT2D eigenvalue weighted by atomic mass is 9.88. The number of hydrogen-bond donors (Lipinski definition) is 2. The van der Waals surface area contributed by atoms with E-state index in [1.165, 1.54) is 0 Å². The molecule has 1 aromatic rings. The number of alkyl carbamates (subject to hydrolysis) is 1. The Morgan fingerprint density at radius 2 is 1.94 bits per heavy atom. The predicted octanol–water partition coefficient (Wildman–Crippen LogP) is 2.26. The molecule has 2 N–H and O–H groups in total. The zero-order valence-corrected chi connectivity index (χ0v) is 21.0. The summed E-state index contributed by atoms with van der Waals surface area (Å²) in [6.07, 6.45) is 7.44. The number of carbonyl (C=O) groups excluding carboxylic acids is 3. The first-order valence-corrected chi connectivity index (χ1v) is 12.6. The number of benzene rings is 1. The monoisotopic (exact) mass is 491 g/mol. The molecule has 0 saturated carbocycles. The van der Waals surface area contributed by atoms with Gasteiger partial charge in [0.1, 0.15) is 5.60 Å². The van der Waals surface area contributed by atoms with Crippen LogP contribution in [0.2, 0.25) is 0 Å². The number of fused-ring (bicyclic) bond motifs is 7. The Balaban J connectivity index is 1.33. The number of carbonyl (C=O) groups is 3. The van der Waals surface area contributed by atoms with Crippen molar-refractivity contribution in [3.05, 3.63) is 37.7 Å². The lowest BCUT2D eigenvalue weighted by Crippen LogP contribution is -2.35. The molecular weight excluding hydrogens is 460 g/mol. The summed E-state index contributed by atoms with van der Waals surface area (Å²) >= 11 is 0. The quantitative estimate of drug-likeness (QED) is 0.468. The summed E-state index contributed by atoms with van der Waals surface area (Å²) < 4.78 is 6.24. The molecule has 0 radical (unpaired) electrons. The summed E-state index contributed by atoms with van der Waals surface area (Å²) in [7, 11) is 0. The van der Waals surface area contributed by atoms with Crippen molar-refractivity contribution >= 4 is 47.0 Å². The molecule has 0 saturated heterocycles. The Bertz CT molecular complexity index is 1390. The lowest BCUT2D eigenvalue weighted by molar-refractivity contribution is -0.406. The van der Waals surface area contributed by atoms with E-state index in [9.17, 15) is 19.3 Å². The van der Waals surface area contributed by atoms with E-state index in [2.05, 4.69) is 15.6 Å². The summed E-state index contributed by atoms with van der Waals surface area (Å²) in [4.78, 5) is 54.4. The Morgan fingerprint density at radius 3 is 2.72 bits per heavy atom. The molecule has 1 aromatic carbocycles. The fourth-order valence-electron chi connectivity index (χ4n) is 5.40. The van der Waals surface area contributed by atoms with Gasteiger partial charge in [-0.25, -0.2) is 4.79 Å². The zero-order valence-electron chi connectivity index (χ0n) is 21.0. The molecule has 4 aliphatic rings. The van der Waals surface area contributed by atoms with Gasteiger partial charge in [0.2, 0.25) is 11.6 Å². The van der Waals surface area contributed by atoms with Gasteiger partial charge in [0.05, 0.1) is 22.6 Å². The average molecular weight is 492 g/mol. The molecule has 2 heterocycles. The Labute approximate surface area is 209 Å². The lowest BCUT2D eigenvalue weighted by Gasteiger charge is -2.19. The fraction of sp³-hybridized carbons (Fsp3) is 0.481. The molecular formula is C27H31N4O5+. The van der Waals surface area contributed by atoms with E-state index in [0.29, 0.717) is 24.4 Å². The maximum absolute atomic E-state index is 13.2. The summed E-state index contributed by atoms with van der Waals surface area (Å²) in [5, 5.41) is 7.18. The highest BCUT2D eigenvalue weighted by Gasteiger charge is 2.45. The molecule has 9 heteroatoms. The van der Waals surface area contributed by atoms with Gasteiger partial charge in [0.15, 0.2) is 5.78 Å². The largest absolute Gasteiger partial charge is 0.444 e. The highest BCUT2D eigenvalue weighted by molar-refractivity contribution is 6.12. The van der Waals surface area contributed by atoms with Crippen molar-refractivity contribution < 1.29 is 23.9 Å². The Kier molecular flexibility index (Phi) is 6.10. The van der Waals surface area contributed by atoms with Gasteiger partial charge in [-0.15, -0.1) is 0 Å². The number of nitrogens with one attached hydrogen (secondary N) is 2. The first-order chi connectivity index (χ1) is 17.1. The topological polar surface area (TPSA) is 117 Å². The first-order valence-electron chi connectivity index (χ1n) is 12.6. The molecule has 0 atom stereocenters. The normalized spacial score (nSPS) is 17.5. The van der Waals surface area contributed by atoms with E-state index in [0.717, 1.165) is 68.8 Å². The summed E-state index contributed by atoms with van der Waals surface area (Å²) in [6.45, 7) is 5.93. The van der Waals surface area contributed by atoms with Crippen molar-refractivity contribution in [3.8, 4) is 0 Å². The van der Waals surface area contributed by atoms with Gasteiger partial charge < -0.3 is 15.4 Å². The molecule has 0 bridgehead atoms. The van der Waals surface area contributed by atoms with Crippen LogP contribution in [0.15, 0.2) is 10.7 Å². The van der Waals surface area contributed by atoms with Crippen molar-refractivity contribution in [3.63, 3.8) is 0 Å². The number of rotatable bonds is 6. The Morgan fingerprint density at radius 1 is 1.17 bits per heavy atom. The third-order valence-electron chi connectivity index (χ3n) is 6.84. The molecule has 2 aliphatic carbocycles. The second-order valence-electron chi connectivity index (χ2n) is 10.6. The Hall–Kier alpha value is -3.62. The summed E-state index contributed by atoms with van der Waals surface area (Å²) in [5.74, 6) is -0.176. The van der Waals surface area contributed by atoms with Gasteiger partial charge >= 0.3 is 6.09 Å². The van der Waals surface area contributed by atoms with Crippen molar-refractivity contribution in [1.82, 2.24) is 10.6 Å². The molecule has 5 rings (SSSR count). The molecule has 0 aromatic heterocycles. The van der Waals surface area contributed by atoms with Crippen LogP contribution in [0, 0.1) is 4.91 Å². The van der Waals surface area contributed by atoms with Crippen LogP contribution in [0.25, 0.3) is 17.3 Å². The van der Waals surface area contributed by atoms with E-state index < -0.39 is 11.7 Å². The third kappa shape index (κ3) is 4.38. The second-order valence-corrected chi connectivity index (χ2v) is 10.6. The van der Waals surface area contributed by atoms with Crippen LogP contribution in [0.3, 0.4) is 0 Å². The minimum absolute atomic E-state index is 0.0216. The van der Waals surface area contributed by atoms with Gasteiger partial charge in [-0.2, -0.15) is 0 Å². The minimum atomic E-state index is -0.569. The van der Waals surface area contributed by atoms with Crippen molar-refractivity contribution in [2.24, 2.45) is 4.99 Å². The number of nitroso groups, excluding NO2 is 1. The number of nitrogens with zero attached hydrogens (tertiary/aromatic N) is 2. The number of ketones is 1. The average Bonchev–Trinajstić information content (AvgIpc) is 3.48. The fourth-order valence-corrected chi connectivity index (χ4v) is 5.40. The first kappa shape index (κ1) is 24.1. The third-order valence-corrected chi connectivity index (χ3v) is 6.84. The maximum Gasteiger partial charge on any atom is 0.407 e. The molecule has 0 spiro atoms. The molecule has 0 fully saturated rings. The van der Waals surface area contributed by atoms with E-state index in [-0.39, 0.29) is 31.1 Å². The van der Waals surface area contributed by atoms with Crippen molar-refractivity contribution in [2.45, 2.75) is 71.3 Å². The minimum Gasteiger partial charge on any atom is -0.444 e. The SMILES string of the molecule is CC(C)(C)OC(=O)NCCCC(=O)NCC1=c2c(c3c(c4c2=CC(=O)C4)[N+](=O)C2=C3CCCC2)C=N1. The number of aliphatic imine (C=N–C) groups is 1. The predicted molar refractivity (Wildman–Crippen MR) is 135 cm³/mol. The zero-order chi connectivity index (χ0) is 25.6. The van der Waals surface area contributed by atoms with Gasteiger partial charge in [-0.1, -0.05) is 0 Å². The smallest absolute Gasteiger partial charge is 0.407 e. The molecule has 9 nitrogen and oxygen atoms in total. The summed E-state index contributed by atoms with van der Waals surface area (Å²) in [6, 6.07) is 0. The molecule has 2 amide bonds. The van der Waals surface area contributed by atoms with Gasteiger partial charge in [-0.3, -0.25) is 14.6 Å². The van der Waals surface area contributed by atoms with Gasteiger partial charge in [-0.05, 0) is 57.7 Å². The number of ether oxygens (including phenoxy) is 1. The highest BCUT2D eigenvalue weighted by Crippen LogP contribution is 2.47. The second kappa shape index (κ2) is 9.11. The van der Waals surface area contributed by atoms with Crippen molar-refractivity contribution in [1.29, 1.82) is 0 Å². The molecule has 2 aliphatic heterocycles. The van der Waals surface area contributed by atoms with Gasteiger partial charge in [0.25, 0.3) is 5.69 Å². The van der Waals surface area contributed by atoms with Crippen LogP contribution >= 0.6 is 0 Å². The number of Topliss-reactive ketones (excluding diaryl/α,β-unsaturated/α-hetero) is 1. The standard InChI is InChI=1S/C27H30N4O5/c1-27(2,3)36-26(34)28-10-6-9-22(33)30-14-20-23-17-11-15(32)12-18(17)25-24(19(23)13-29-20)16-7-4-5-8-21(16)31(25)35/h11,13H,4-10,12,14H2,1-3H3,(H-,28,30,33,34)/p+1. The van der Waals surface area contributed by atoms with E-state index in [4.69, 9.17) is 4.74 Å². The van der Waals surface area contributed by atoms with Crippen molar-refractivity contribution in [2.75, 3.05) is 13.1 Å². The van der Waals surface area contributed by atoms with Crippen LogP contribution in [-0.4, -0.2) is 47.4 Å². The molecule has 36 heavy (non-hydrogen) atoms. The van der Waals surface area contributed by atoms with Crippen LogP contribution in [0.5, 0.6) is 0 Å². The number of amides is 2. The summed E-state index contributed by atoms with van der Waals surface area (Å²) in [5.41, 5.74) is 5.23. The van der Waals surface area contributed by atoms with Crippen LogP contribution in [-0.2, 0) is 20.7 Å². The van der Waals surface area contributed by atoms with Crippen LogP contribution < -0.4 is 21.1 Å². The van der Waals surface area contributed by atoms with Crippen LogP contribution in [0.4, 0.5) is 10.5 Å². The van der Waals surface area contributed by atoms with E-state index >= 15 is 0 Å². The number of allylic oxidation sites excluding steroid dienone is 2.